The molecule has 17 heavy (non-hydrogen) atoms. The van der Waals surface area contributed by atoms with Gasteiger partial charge >= 0.3 is 0 Å². The maximum absolute atomic E-state index is 13.4. The van der Waals surface area contributed by atoms with Crippen LogP contribution in [-0.2, 0) is 10.0 Å². The van der Waals surface area contributed by atoms with Gasteiger partial charge in [-0.3, -0.25) is 0 Å². The molecule has 0 saturated carbocycles. The van der Waals surface area contributed by atoms with Gasteiger partial charge in [-0.15, -0.1) is 11.6 Å². The maximum atomic E-state index is 13.4. The van der Waals surface area contributed by atoms with Gasteiger partial charge < -0.3 is 0 Å². The number of benzene rings is 1. The number of alkyl halides is 1. The molecule has 0 aliphatic heterocycles. The SMILES string of the molecule is CC(CCl)NS(=O)(=O)c1ccc(Cl)c(F)c1Cl. The molecule has 1 atom stereocenters. The van der Waals surface area contributed by atoms with Crippen molar-refractivity contribution in [1.82, 2.24) is 4.72 Å². The first kappa shape index (κ1) is 15.0. The Balaban J connectivity index is 3.21. The third-order valence-electron chi connectivity index (χ3n) is 1.88. The van der Waals surface area contributed by atoms with Crippen LogP contribution >= 0.6 is 34.8 Å². The van der Waals surface area contributed by atoms with Crippen LogP contribution in [0.3, 0.4) is 0 Å². The van der Waals surface area contributed by atoms with E-state index in [4.69, 9.17) is 34.8 Å². The van der Waals surface area contributed by atoms with Crippen LogP contribution in [0.5, 0.6) is 0 Å². The van der Waals surface area contributed by atoms with Gasteiger partial charge in [0.05, 0.1) is 10.0 Å². The minimum atomic E-state index is -3.91. The highest BCUT2D eigenvalue weighted by Crippen LogP contribution is 2.29. The van der Waals surface area contributed by atoms with E-state index in [1.54, 1.807) is 6.92 Å². The smallest absolute Gasteiger partial charge is 0.207 e. The molecule has 8 heteroatoms. The van der Waals surface area contributed by atoms with Gasteiger partial charge in [0.1, 0.15) is 4.90 Å². The van der Waals surface area contributed by atoms with Crippen molar-refractivity contribution in [2.75, 3.05) is 5.88 Å². The zero-order chi connectivity index (χ0) is 13.2. The zero-order valence-electron chi connectivity index (χ0n) is 8.68. The number of halogens is 4. The van der Waals surface area contributed by atoms with Crippen molar-refractivity contribution in [3.05, 3.63) is 28.0 Å². The second-order valence-corrected chi connectivity index (χ2v) is 6.13. The Morgan fingerprint density at radius 3 is 2.53 bits per heavy atom. The topological polar surface area (TPSA) is 46.2 Å². The fourth-order valence-electron chi connectivity index (χ4n) is 1.08. The van der Waals surface area contributed by atoms with Crippen molar-refractivity contribution in [3.63, 3.8) is 0 Å². The van der Waals surface area contributed by atoms with E-state index < -0.39 is 26.9 Å². The molecular weight excluding hydrogens is 312 g/mol. The van der Waals surface area contributed by atoms with Gasteiger partial charge in [0.25, 0.3) is 0 Å². The lowest BCUT2D eigenvalue weighted by Crippen LogP contribution is -2.34. The van der Waals surface area contributed by atoms with Crippen LogP contribution in [0.25, 0.3) is 0 Å². The highest BCUT2D eigenvalue weighted by atomic mass is 35.5. The second kappa shape index (κ2) is 5.71. The van der Waals surface area contributed by atoms with Crippen molar-refractivity contribution in [2.45, 2.75) is 17.9 Å². The molecule has 0 spiro atoms. The van der Waals surface area contributed by atoms with Gasteiger partial charge in [0.2, 0.25) is 10.0 Å². The van der Waals surface area contributed by atoms with Crippen molar-refractivity contribution in [3.8, 4) is 0 Å². The number of hydrogen-bond acceptors (Lipinski definition) is 2. The molecular formula is C9H9Cl3FNO2S. The molecule has 1 N–H and O–H groups in total. The van der Waals surface area contributed by atoms with Gasteiger partial charge in [-0.05, 0) is 19.1 Å². The Hall–Kier alpha value is -0.0700. The quantitative estimate of drug-likeness (QED) is 0.684. The minimum Gasteiger partial charge on any atom is -0.207 e. The van der Waals surface area contributed by atoms with Crippen LogP contribution in [0.4, 0.5) is 4.39 Å². The summed E-state index contributed by atoms with van der Waals surface area (Å²) in [6, 6.07) is 1.77. The Kier molecular flexibility index (Phi) is 5.04. The molecule has 1 unspecified atom stereocenters. The van der Waals surface area contributed by atoms with E-state index in [9.17, 15) is 12.8 Å². The molecule has 0 amide bonds. The molecule has 1 aromatic rings. The lowest BCUT2D eigenvalue weighted by Gasteiger charge is -2.12. The summed E-state index contributed by atoms with van der Waals surface area (Å²) in [6.07, 6.45) is 0. The maximum Gasteiger partial charge on any atom is 0.242 e. The Bertz CT molecular complexity index is 521. The first-order valence-corrected chi connectivity index (χ1v) is 7.28. The van der Waals surface area contributed by atoms with Crippen LogP contribution in [0.1, 0.15) is 6.92 Å². The summed E-state index contributed by atoms with van der Waals surface area (Å²) in [4.78, 5) is -0.363. The highest BCUT2D eigenvalue weighted by Gasteiger charge is 2.23. The van der Waals surface area contributed by atoms with Crippen molar-refractivity contribution < 1.29 is 12.8 Å². The largest absolute Gasteiger partial charge is 0.242 e. The second-order valence-electron chi connectivity index (χ2n) is 3.35. The summed E-state index contributed by atoms with van der Waals surface area (Å²) in [5.41, 5.74) is 0. The van der Waals surface area contributed by atoms with Gasteiger partial charge in [-0.1, -0.05) is 23.2 Å². The molecule has 0 saturated heterocycles. The first-order valence-electron chi connectivity index (χ1n) is 4.51. The minimum absolute atomic E-state index is 0.0902. The third-order valence-corrected chi connectivity index (χ3v) is 4.75. The Morgan fingerprint density at radius 1 is 1.41 bits per heavy atom. The molecule has 0 aliphatic carbocycles. The van der Waals surface area contributed by atoms with Gasteiger partial charge in [0, 0.05) is 11.9 Å². The molecule has 0 radical (unpaired) electrons. The van der Waals surface area contributed by atoms with E-state index in [1.165, 1.54) is 0 Å². The van der Waals surface area contributed by atoms with Gasteiger partial charge in [0.15, 0.2) is 5.82 Å². The van der Waals surface area contributed by atoms with Crippen LogP contribution < -0.4 is 4.72 Å². The number of rotatable bonds is 4. The predicted octanol–water partition coefficient (Wildman–Crippen LogP) is 3.04. The first-order chi connectivity index (χ1) is 7.79. The van der Waals surface area contributed by atoms with E-state index >= 15 is 0 Å². The molecule has 1 aromatic carbocycles. The summed E-state index contributed by atoms with van der Waals surface area (Å²) in [5.74, 6) is -0.873. The van der Waals surface area contributed by atoms with E-state index in [0.717, 1.165) is 12.1 Å². The number of hydrogen-bond donors (Lipinski definition) is 1. The fourth-order valence-corrected chi connectivity index (χ4v) is 3.23. The molecule has 0 aromatic heterocycles. The lowest BCUT2D eigenvalue weighted by molar-refractivity contribution is 0.567. The van der Waals surface area contributed by atoms with Crippen LogP contribution in [0, 0.1) is 5.82 Å². The zero-order valence-corrected chi connectivity index (χ0v) is 11.8. The lowest BCUT2D eigenvalue weighted by atomic mass is 10.3. The molecule has 0 bridgehead atoms. The average molecular weight is 321 g/mol. The molecule has 96 valence electrons. The summed E-state index contributed by atoms with van der Waals surface area (Å²) in [6.45, 7) is 1.57. The monoisotopic (exact) mass is 319 g/mol. The highest BCUT2D eigenvalue weighted by molar-refractivity contribution is 7.89. The molecule has 0 heterocycles. The van der Waals surface area contributed by atoms with E-state index in [0.29, 0.717) is 0 Å². The summed E-state index contributed by atoms with van der Waals surface area (Å²) in [5, 5.41) is -0.772. The molecule has 0 fully saturated rings. The van der Waals surface area contributed by atoms with Crippen molar-refractivity contribution in [1.29, 1.82) is 0 Å². The number of nitrogens with one attached hydrogen (secondary N) is 1. The Morgan fingerprint density at radius 2 is 2.00 bits per heavy atom. The van der Waals surface area contributed by atoms with Crippen molar-refractivity contribution >= 4 is 44.8 Å². The molecule has 3 nitrogen and oxygen atoms in total. The summed E-state index contributed by atoms with van der Waals surface area (Å²) in [7, 11) is -3.91. The van der Waals surface area contributed by atoms with E-state index in [1.807, 2.05) is 0 Å². The van der Waals surface area contributed by atoms with Crippen LogP contribution in [0.2, 0.25) is 10.0 Å². The third kappa shape index (κ3) is 3.45. The molecule has 0 aliphatic rings. The van der Waals surface area contributed by atoms with Gasteiger partial charge in [-0.2, -0.15) is 0 Å². The van der Waals surface area contributed by atoms with E-state index in [-0.39, 0.29) is 15.8 Å². The molecule has 1 rings (SSSR count). The normalized spacial score (nSPS) is 13.7. The predicted molar refractivity (Wildman–Crippen MR) is 66.9 cm³/mol. The number of sulfonamides is 1. The van der Waals surface area contributed by atoms with E-state index in [2.05, 4.69) is 4.72 Å². The van der Waals surface area contributed by atoms with Crippen LogP contribution in [-0.4, -0.2) is 20.3 Å². The summed E-state index contributed by atoms with van der Waals surface area (Å²) >= 11 is 16.6. The van der Waals surface area contributed by atoms with Crippen LogP contribution in [0.15, 0.2) is 17.0 Å². The average Bonchev–Trinajstić information content (AvgIpc) is 2.24. The fraction of sp³-hybridized carbons (Fsp3) is 0.333. The standard InChI is InChI=1S/C9H9Cl3FNO2S/c1-5(4-10)14-17(15,16)7-3-2-6(11)9(13)8(7)12/h2-3,5,14H,4H2,1H3. The Labute approximate surface area is 114 Å². The summed E-state index contributed by atoms with van der Waals surface area (Å²) < 4.78 is 39.3. The van der Waals surface area contributed by atoms with Crippen molar-refractivity contribution in [2.24, 2.45) is 0 Å². The van der Waals surface area contributed by atoms with Gasteiger partial charge in [-0.25, -0.2) is 17.5 Å².